The van der Waals surface area contributed by atoms with Crippen molar-refractivity contribution in [3.63, 3.8) is 0 Å². The third kappa shape index (κ3) is 2.82. The van der Waals surface area contributed by atoms with Gasteiger partial charge in [-0.2, -0.15) is 0 Å². The number of aromatic nitrogens is 1. The number of hydrogen-bond acceptors (Lipinski definition) is 4. The third-order valence-corrected chi connectivity index (χ3v) is 3.48. The van der Waals surface area contributed by atoms with Gasteiger partial charge in [-0.25, -0.2) is 4.39 Å². The first-order valence-electron chi connectivity index (χ1n) is 6.57. The van der Waals surface area contributed by atoms with Crippen LogP contribution < -0.4 is 5.32 Å². The first-order chi connectivity index (χ1) is 9.40. The molecule has 0 radical (unpaired) electrons. The molecule has 2 rings (SSSR count). The van der Waals surface area contributed by atoms with E-state index in [9.17, 15) is 9.50 Å². The molecule has 0 saturated heterocycles. The molecule has 0 bridgehead atoms. The van der Waals surface area contributed by atoms with E-state index in [1.54, 1.807) is 0 Å². The smallest absolute Gasteiger partial charge is 0.138 e. The van der Waals surface area contributed by atoms with E-state index in [-0.39, 0.29) is 23.7 Å². The van der Waals surface area contributed by atoms with Crippen molar-refractivity contribution in [2.45, 2.75) is 39.8 Å². The van der Waals surface area contributed by atoms with Crippen molar-refractivity contribution in [2.24, 2.45) is 0 Å². The van der Waals surface area contributed by atoms with E-state index >= 15 is 0 Å². The summed E-state index contributed by atoms with van der Waals surface area (Å²) in [7, 11) is 0. The highest BCUT2D eigenvalue weighted by Crippen LogP contribution is 2.28. The second-order valence-electron chi connectivity index (χ2n) is 5.05. The molecule has 1 aromatic carbocycles. The van der Waals surface area contributed by atoms with Crippen molar-refractivity contribution in [2.75, 3.05) is 0 Å². The van der Waals surface area contributed by atoms with Gasteiger partial charge < -0.3 is 14.9 Å². The predicted octanol–water partition coefficient (Wildman–Crippen LogP) is 3.55. The lowest BCUT2D eigenvalue weighted by atomic mass is 10.0. The Kier molecular flexibility index (Phi) is 4.09. The minimum Gasteiger partial charge on any atom is -0.508 e. The fourth-order valence-electron chi connectivity index (χ4n) is 2.53. The summed E-state index contributed by atoms with van der Waals surface area (Å²) >= 11 is 0. The highest BCUT2D eigenvalue weighted by molar-refractivity contribution is 5.35. The highest BCUT2D eigenvalue weighted by atomic mass is 19.1. The summed E-state index contributed by atoms with van der Waals surface area (Å²) in [5, 5.41) is 17.1. The largest absolute Gasteiger partial charge is 0.508 e. The first kappa shape index (κ1) is 14.5. The Morgan fingerprint density at radius 3 is 2.55 bits per heavy atom. The number of hydrogen-bond donors (Lipinski definition) is 2. The summed E-state index contributed by atoms with van der Waals surface area (Å²) in [5.74, 6) is 0.479. The Hall–Kier alpha value is -1.88. The maximum absolute atomic E-state index is 13.3. The summed E-state index contributed by atoms with van der Waals surface area (Å²) in [5.41, 5.74) is 2.36. The van der Waals surface area contributed by atoms with Gasteiger partial charge in [0.05, 0.1) is 5.69 Å². The molecular weight excluding hydrogens is 259 g/mol. The number of rotatable bonds is 4. The molecule has 0 aliphatic heterocycles. The third-order valence-electron chi connectivity index (χ3n) is 3.48. The van der Waals surface area contributed by atoms with Crippen molar-refractivity contribution < 1.29 is 14.0 Å². The summed E-state index contributed by atoms with van der Waals surface area (Å²) < 4.78 is 18.4. The van der Waals surface area contributed by atoms with E-state index in [4.69, 9.17) is 4.52 Å². The molecule has 0 amide bonds. The lowest BCUT2D eigenvalue weighted by molar-refractivity contribution is 0.389. The number of nitrogens with zero attached hydrogens (tertiary/aromatic N) is 1. The predicted molar refractivity (Wildman–Crippen MR) is 74.0 cm³/mol. The van der Waals surface area contributed by atoms with Crippen LogP contribution in [0.4, 0.5) is 4.39 Å². The van der Waals surface area contributed by atoms with Crippen molar-refractivity contribution in [3.8, 4) is 5.75 Å². The molecule has 1 aromatic heterocycles. The molecule has 0 aliphatic rings. The second-order valence-corrected chi connectivity index (χ2v) is 5.05. The Bertz CT molecular complexity index is 590. The Balaban J connectivity index is 2.19. The van der Waals surface area contributed by atoms with Crippen LogP contribution in [0.15, 0.2) is 22.7 Å². The summed E-state index contributed by atoms with van der Waals surface area (Å²) in [4.78, 5) is 0. The SMILES string of the molecule is Cc1noc(C)c1C(C)NC(C)c1cc(F)ccc1O. The summed E-state index contributed by atoms with van der Waals surface area (Å²) in [6, 6.07) is 3.73. The lowest BCUT2D eigenvalue weighted by Gasteiger charge is -2.21. The van der Waals surface area contributed by atoms with E-state index in [1.807, 2.05) is 27.7 Å². The molecule has 2 atom stereocenters. The molecule has 4 nitrogen and oxygen atoms in total. The zero-order chi connectivity index (χ0) is 14.9. The second kappa shape index (κ2) is 5.63. The number of aryl methyl sites for hydroxylation is 2. The number of phenols is 1. The standard InChI is InChI=1S/C15H19FN2O2/c1-8(13-7-12(16)5-6-14(13)19)17-9(2)15-10(3)18-20-11(15)4/h5-9,17,19H,1-4H3. The number of benzene rings is 1. The van der Waals surface area contributed by atoms with Crippen LogP contribution in [-0.4, -0.2) is 10.3 Å². The van der Waals surface area contributed by atoms with Crippen LogP contribution in [0.1, 0.15) is 48.5 Å². The number of phenolic OH excluding ortho intramolecular Hbond substituents is 1. The monoisotopic (exact) mass is 278 g/mol. The zero-order valence-electron chi connectivity index (χ0n) is 12.1. The maximum Gasteiger partial charge on any atom is 0.138 e. The van der Waals surface area contributed by atoms with E-state index < -0.39 is 0 Å². The average molecular weight is 278 g/mol. The molecule has 0 aliphatic carbocycles. The zero-order valence-corrected chi connectivity index (χ0v) is 12.1. The molecule has 0 saturated carbocycles. The van der Waals surface area contributed by atoms with E-state index in [0.29, 0.717) is 5.56 Å². The molecule has 0 fully saturated rings. The van der Waals surface area contributed by atoms with Gasteiger partial charge in [-0.15, -0.1) is 0 Å². The number of nitrogens with one attached hydrogen (secondary N) is 1. The Morgan fingerprint density at radius 2 is 1.95 bits per heavy atom. The molecule has 0 spiro atoms. The molecule has 2 aromatic rings. The molecule has 1 heterocycles. The molecule has 2 unspecified atom stereocenters. The van der Waals surface area contributed by atoms with Crippen LogP contribution in [0, 0.1) is 19.7 Å². The summed E-state index contributed by atoms with van der Waals surface area (Å²) in [6.45, 7) is 7.61. The van der Waals surface area contributed by atoms with Crippen molar-refractivity contribution in [1.29, 1.82) is 0 Å². The fourth-order valence-corrected chi connectivity index (χ4v) is 2.53. The lowest BCUT2D eigenvalue weighted by Crippen LogP contribution is -2.23. The molecule has 5 heteroatoms. The van der Waals surface area contributed by atoms with Gasteiger partial charge in [0, 0.05) is 23.2 Å². The Morgan fingerprint density at radius 1 is 1.25 bits per heavy atom. The van der Waals surface area contributed by atoms with E-state index in [2.05, 4.69) is 10.5 Å². The minimum absolute atomic E-state index is 0.0149. The van der Waals surface area contributed by atoms with Crippen LogP contribution in [0.2, 0.25) is 0 Å². The quantitative estimate of drug-likeness (QED) is 0.898. The fraction of sp³-hybridized carbons (Fsp3) is 0.400. The van der Waals surface area contributed by atoms with Crippen LogP contribution in [0.25, 0.3) is 0 Å². The summed E-state index contributed by atoms with van der Waals surface area (Å²) in [6.07, 6.45) is 0. The maximum atomic E-state index is 13.3. The van der Waals surface area contributed by atoms with Crippen molar-refractivity contribution in [1.82, 2.24) is 10.5 Å². The average Bonchev–Trinajstić information content (AvgIpc) is 2.71. The van der Waals surface area contributed by atoms with Gasteiger partial charge in [0.2, 0.25) is 0 Å². The molecule has 20 heavy (non-hydrogen) atoms. The van der Waals surface area contributed by atoms with Crippen LogP contribution in [0.3, 0.4) is 0 Å². The topological polar surface area (TPSA) is 58.3 Å². The van der Waals surface area contributed by atoms with Gasteiger partial charge >= 0.3 is 0 Å². The Labute approximate surface area is 117 Å². The van der Waals surface area contributed by atoms with Gasteiger partial charge in [-0.05, 0) is 45.9 Å². The molecular formula is C15H19FN2O2. The van der Waals surface area contributed by atoms with Crippen molar-refractivity contribution in [3.05, 3.63) is 46.6 Å². The van der Waals surface area contributed by atoms with Gasteiger partial charge in [-0.3, -0.25) is 0 Å². The van der Waals surface area contributed by atoms with E-state index in [0.717, 1.165) is 17.0 Å². The molecule has 108 valence electrons. The van der Waals surface area contributed by atoms with Crippen LogP contribution in [0.5, 0.6) is 5.75 Å². The van der Waals surface area contributed by atoms with Gasteiger partial charge in [0.1, 0.15) is 17.3 Å². The molecule has 2 N–H and O–H groups in total. The number of halogens is 1. The van der Waals surface area contributed by atoms with Crippen molar-refractivity contribution >= 4 is 0 Å². The van der Waals surface area contributed by atoms with Crippen LogP contribution >= 0.6 is 0 Å². The number of aromatic hydroxyl groups is 1. The van der Waals surface area contributed by atoms with Gasteiger partial charge in [0.15, 0.2) is 0 Å². The normalized spacial score (nSPS) is 14.2. The van der Waals surface area contributed by atoms with Crippen LogP contribution in [-0.2, 0) is 0 Å². The highest BCUT2D eigenvalue weighted by Gasteiger charge is 2.20. The van der Waals surface area contributed by atoms with Gasteiger partial charge in [0.25, 0.3) is 0 Å². The van der Waals surface area contributed by atoms with Gasteiger partial charge in [-0.1, -0.05) is 5.16 Å². The first-order valence-corrected chi connectivity index (χ1v) is 6.57. The minimum atomic E-state index is -0.364. The van der Waals surface area contributed by atoms with E-state index in [1.165, 1.54) is 18.2 Å².